The number of hydrogen-bond donors (Lipinski definition) is 3. The molecule has 5 atom stereocenters. The summed E-state index contributed by atoms with van der Waals surface area (Å²) in [6.07, 6.45) is 0.387. The van der Waals surface area contributed by atoms with Gasteiger partial charge in [-0.1, -0.05) is 11.6 Å². The van der Waals surface area contributed by atoms with E-state index in [-0.39, 0.29) is 40.5 Å². The van der Waals surface area contributed by atoms with Crippen molar-refractivity contribution in [3.05, 3.63) is 34.2 Å². The van der Waals surface area contributed by atoms with Crippen molar-refractivity contribution in [3.63, 3.8) is 0 Å². The molecule has 0 unspecified atom stereocenters. The second-order valence-electron chi connectivity index (χ2n) is 10.6. The molecule has 2 aromatic rings. The minimum Gasteiger partial charge on any atom is -0.356 e. The Morgan fingerprint density at radius 1 is 1.34 bits per heavy atom. The molecule has 5 rings (SSSR count). The standard InChI is InChI=1S/C26H27ClF3N5O3/c1-12-5-18(28)16-7-19(34-21(16)20(12)27)25(38)35-11-14-8-26(29,30)9-17(14)22(35)24(37)33-15(10-31)6-13-3-2-4-32-23(13)36/h5,7,13-15,17,22,34H,2-4,6,8-9,11H2,1H3,(H,32,36)(H,33,37)/t13-,14+,15-,17+,22+/m1/s1. The van der Waals surface area contributed by atoms with Gasteiger partial charge in [0, 0.05) is 37.2 Å². The highest BCUT2D eigenvalue weighted by Crippen LogP contribution is 2.50. The van der Waals surface area contributed by atoms with Crippen LogP contribution in [0.1, 0.15) is 48.2 Å². The molecule has 3 fully saturated rings. The lowest BCUT2D eigenvalue weighted by atomic mass is 9.90. The van der Waals surface area contributed by atoms with Crippen LogP contribution in [0.15, 0.2) is 12.1 Å². The zero-order valence-corrected chi connectivity index (χ0v) is 21.4. The van der Waals surface area contributed by atoms with Gasteiger partial charge in [0.1, 0.15) is 23.6 Å². The highest BCUT2D eigenvalue weighted by molar-refractivity contribution is 6.36. The average molecular weight is 550 g/mol. The Bertz CT molecular complexity index is 1360. The molecule has 0 radical (unpaired) electrons. The number of amides is 3. The molecule has 2 aliphatic heterocycles. The Morgan fingerprint density at radius 3 is 2.82 bits per heavy atom. The van der Waals surface area contributed by atoms with Crippen LogP contribution in [0.3, 0.4) is 0 Å². The van der Waals surface area contributed by atoms with E-state index in [1.165, 1.54) is 17.0 Å². The van der Waals surface area contributed by atoms with Crippen LogP contribution in [-0.2, 0) is 9.59 Å². The van der Waals surface area contributed by atoms with E-state index >= 15 is 0 Å². The van der Waals surface area contributed by atoms with Crippen molar-refractivity contribution in [3.8, 4) is 6.07 Å². The predicted molar refractivity (Wildman–Crippen MR) is 132 cm³/mol. The van der Waals surface area contributed by atoms with E-state index in [1.807, 2.05) is 6.07 Å². The molecule has 38 heavy (non-hydrogen) atoms. The van der Waals surface area contributed by atoms with Gasteiger partial charge in [-0.25, -0.2) is 13.2 Å². The molecule has 1 aliphatic carbocycles. The number of nitrogens with zero attached hydrogens (tertiary/aromatic N) is 2. The maximum atomic E-state index is 14.6. The highest BCUT2D eigenvalue weighted by Gasteiger charge is 2.58. The molecule has 202 valence electrons. The van der Waals surface area contributed by atoms with Gasteiger partial charge in [0.05, 0.1) is 16.6 Å². The summed E-state index contributed by atoms with van der Waals surface area (Å²) < 4.78 is 43.2. The van der Waals surface area contributed by atoms with Gasteiger partial charge >= 0.3 is 0 Å². The van der Waals surface area contributed by atoms with Crippen LogP contribution in [0.5, 0.6) is 0 Å². The lowest BCUT2D eigenvalue weighted by Crippen LogP contribution is -2.52. The molecule has 1 aromatic heterocycles. The quantitative estimate of drug-likeness (QED) is 0.527. The van der Waals surface area contributed by atoms with Crippen LogP contribution in [0.2, 0.25) is 5.02 Å². The number of fused-ring (bicyclic) bond motifs is 2. The molecule has 3 heterocycles. The molecule has 12 heteroatoms. The summed E-state index contributed by atoms with van der Waals surface area (Å²) in [5, 5.41) is 15.3. The van der Waals surface area contributed by atoms with E-state index in [9.17, 15) is 32.8 Å². The first-order valence-corrected chi connectivity index (χ1v) is 13.0. The minimum atomic E-state index is -2.97. The number of aromatic amines is 1. The highest BCUT2D eigenvalue weighted by atomic mass is 35.5. The zero-order chi connectivity index (χ0) is 27.4. The Morgan fingerprint density at radius 2 is 2.11 bits per heavy atom. The second-order valence-corrected chi connectivity index (χ2v) is 11.0. The van der Waals surface area contributed by atoms with Crippen molar-refractivity contribution in [2.75, 3.05) is 13.1 Å². The average Bonchev–Trinajstić information content (AvgIpc) is 3.53. The van der Waals surface area contributed by atoms with E-state index < -0.39 is 66.2 Å². The van der Waals surface area contributed by atoms with E-state index in [1.54, 1.807) is 6.92 Å². The minimum absolute atomic E-state index is 0.0216. The number of carbonyl (C=O) groups is 3. The van der Waals surface area contributed by atoms with Gasteiger partial charge in [0.2, 0.25) is 17.7 Å². The van der Waals surface area contributed by atoms with Crippen molar-refractivity contribution in [1.82, 2.24) is 20.5 Å². The van der Waals surface area contributed by atoms with Gasteiger partial charge in [0.15, 0.2) is 0 Å². The number of piperidine rings is 1. The number of hydrogen-bond acceptors (Lipinski definition) is 4. The molecule has 0 spiro atoms. The number of likely N-dealkylation sites (tertiary alicyclic amines) is 1. The number of halogens is 4. The Balaban J connectivity index is 1.41. The van der Waals surface area contributed by atoms with Crippen molar-refractivity contribution in [2.24, 2.45) is 17.8 Å². The fourth-order valence-corrected chi connectivity index (χ4v) is 6.41. The van der Waals surface area contributed by atoms with Crippen LogP contribution >= 0.6 is 11.6 Å². The van der Waals surface area contributed by atoms with E-state index in [2.05, 4.69) is 15.6 Å². The number of H-pyrrole nitrogens is 1. The fourth-order valence-electron chi connectivity index (χ4n) is 6.20. The van der Waals surface area contributed by atoms with Gasteiger partial charge < -0.3 is 20.5 Å². The van der Waals surface area contributed by atoms with Crippen LogP contribution in [0.25, 0.3) is 10.9 Å². The maximum absolute atomic E-state index is 14.6. The maximum Gasteiger partial charge on any atom is 0.271 e. The fraction of sp³-hybridized carbons (Fsp3) is 0.538. The Labute approximate surface area is 221 Å². The first kappa shape index (κ1) is 26.4. The van der Waals surface area contributed by atoms with Crippen molar-refractivity contribution >= 4 is 40.2 Å². The molecule has 2 saturated heterocycles. The lowest BCUT2D eigenvalue weighted by Gasteiger charge is -2.29. The van der Waals surface area contributed by atoms with E-state index in [0.29, 0.717) is 18.5 Å². The third-order valence-electron chi connectivity index (χ3n) is 8.01. The lowest BCUT2D eigenvalue weighted by molar-refractivity contribution is -0.129. The van der Waals surface area contributed by atoms with Gasteiger partial charge in [-0.05, 0) is 55.7 Å². The Kier molecular flexibility index (Phi) is 6.80. The van der Waals surface area contributed by atoms with Crippen molar-refractivity contribution < 1.29 is 27.6 Å². The number of nitrogens with one attached hydrogen (secondary N) is 3. The van der Waals surface area contributed by atoms with Crippen molar-refractivity contribution in [1.29, 1.82) is 5.26 Å². The number of alkyl halides is 2. The van der Waals surface area contributed by atoms with Gasteiger partial charge in [-0.2, -0.15) is 5.26 Å². The number of aryl methyl sites for hydroxylation is 1. The van der Waals surface area contributed by atoms with Crippen molar-refractivity contribution in [2.45, 2.75) is 57.0 Å². The number of benzene rings is 1. The first-order chi connectivity index (χ1) is 18.0. The summed E-state index contributed by atoms with van der Waals surface area (Å²) in [4.78, 5) is 43.3. The normalized spacial score (nSPS) is 27.1. The molecular weight excluding hydrogens is 523 g/mol. The smallest absolute Gasteiger partial charge is 0.271 e. The first-order valence-electron chi connectivity index (χ1n) is 12.6. The van der Waals surface area contributed by atoms with Crippen LogP contribution in [0, 0.1) is 41.8 Å². The molecule has 8 nitrogen and oxygen atoms in total. The molecule has 1 saturated carbocycles. The van der Waals surface area contributed by atoms with Gasteiger partial charge in [-0.3, -0.25) is 14.4 Å². The van der Waals surface area contributed by atoms with E-state index in [0.717, 1.165) is 6.42 Å². The number of rotatable bonds is 5. The summed E-state index contributed by atoms with van der Waals surface area (Å²) in [6, 6.07) is 2.26. The van der Waals surface area contributed by atoms with Crippen LogP contribution < -0.4 is 10.6 Å². The van der Waals surface area contributed by atoms with Gasteiger partial charge in [0.25, 0.3) is 5.91 Å². The van der Waals surface area contributed by atoms with Gasteiger partial charge in [-0.15, -0.1) is 0 Å². The zero-order valence-electron chi connectivity index (χ0n) is 20.6. The third-order valence-corrected chi connectivity index (χ3v) is 8.50. The summed E-state index contributed by atoms with van der Waals surface area (Å²) in [6.45, 7) is 2.10. The molecular formula is C26H27ClF3N5O3. The summed E-state index contributed by atoms with van der Waals surface area (Å²) >= 11 is 6.30. The predicted octanol–water partition coefficient (Wildman–Crippen LogP) is 3.68. The van der Waals surface area contributed by atoms with Crippen LogP contribution in [-0.4, -0.2) is 58.7 Å². The third kappa shape index (κ3) is 4.70. The van der Waals surface area contributed by atoms with Crippen LogP contribution in [0.4, 0.5) is 13.2 Å². The molecule has 3 N–H and O–H groups in total. The summed E-state index contributed by atoms with van der Waals surface area (Å²) in [5.74, 6) is -6.97. The topological polar surface area (TPSA) is 118 Å². The Hall–Kier alpha value is -3.26. The monoisotopic (exact) mass is 549 g/mol. The number of nitriles is 1. The molecule has 3 amide bonds. The SMILES string of the molecule is Cc1cc(F)c2cc(C(=O)N3C[C@@H]4CC(F)(F)C[C@@H]4[C@H]3C(=O)N[C@@H](C#N)C[C@H]3CCCNC3=O)[nH]c2c1Cl. The number of carbonyl (C=O) groups excluding carboxylic acids is 3. The molecule has 3 aliphatic rings. The largest absolute Gasteiger partial charge is 0.356 e. The molecule has 0 bridgehead atoms. The second kappa shape index (κ2) is 9.80. The van der Waals surface area contributed by atoms with E-state index in [4.69, 9.17) is 11.6 Å². The number of aromatic nitrogens is 1. The summed E-state index contributed by atoms with van der Waals surface area (Å²) in [5.41, 5.74) is 0.684. The molecule has 1 aromatic carbocycles. The summed E-state index contributed by atoms with van der Waals surface area (Å²) in [7, 11) is 0.